The zero-order valence-electron chi connectivity index (χ0n) is 18.0. The van der Waals surface area contributed by atoms with E-state index in [9.17, 15) is 14.7 Å². The number of hydrogen-bond acceptors (Lipinski definition) is 5. The first-order chi connectivity index (χ1) is 14.0. The molecule has 2 aromatic carbocycles. The van der Waals surface area contributed by atoms with Crippen LogP contribution in [0.15, 0.2) is 42.5 Å². The summed E-state index contributed by atoms with van der Waals surface area (Å²) in [4.78, 5) is 27.7. The normalized spacial score (nSPS) is 10.2. The van der Waals surface area contributed by atoms with Crippen LogP contribution in [-0.2, 0) is 4.74 Å². The number of anilines is 1. The molecule has 0 radical (unpaired) electrons. The van der Waals surface area contributed by atoms with E-state index in [2.05, 4.69) is 6.92 Å². The highest BCUT2D eigenvalue weighted by molar-refractivity contribution is 6.16. The number of ether oxygens (including phenoxy) is 1. The van der Waals surface area contributed by atoms with Gasteiger partial charge in [-0.3, -0.25) is 4.79 Å². The van der Waals surface area contributed by atoms with Crippen LogP contribution in [0.1, 0.15) is 72.7 Å². The molecule has 0 aliphatic heterocycles. The number of benzene rings is 2. The van der Waals surface area contributed by atoms with Gasteiger partial charge in [-0.05, 0) is 38.5 Å². The number of ketones is 1. The summed E-state index contributed by atoms with van der Waals surface area (Å²) < 4.78 is 5.37. The molecular weight excluding hydrogens is 402 g/mol. The number of phenolic OH excluding ortho intramolecular Hbond substituents is 1. The third-order valence-corrected chi connectivity index (χ3v) is 4.99. The zero-order chi connectivity index (χ0) is 21.2. The highest BCUT2D eigenvalue weighted by Gasteiger charge is 2.23. The molecule has 0 aromatic heterocycles. The van der Waals surface area contributed by atoms with E-state index in [1.54, 1.807) is 42.5 Å². The third kappa shape index (κ3) is 6.23. The predicted molar refractivity (Wildman–Crippen MR) is 123 cm³/mol. The van der Waals surface area contributed by atoms with Crippen molar-refractivity contribution < 1.29 is 19.4 Å². The number of para-hydroxylation sites is 1. The average molecular weight is 434 g/mol. The fraction of sp³-hybridized carbons (Fsp3) is 0.417. The number of nitrogens with zero attached hydrogens (tertiary/aromatic N) is 1. The van der Waals surface area contributed by atoms with Crippen molar-refractivity contribution in [3.8, 4) is 5.75 Å². The summed E-state index contributed by atoms with van der Waals surface area (Å²) in [5.74, 6) is -0.969. The topological polar surface area (TPSA) is 66.8 Å². The molecule has 6 heteroatoms. The zero-order valence-corrected chi connectivity index (χ0v) is 18.8. The summed E-state index contributed by atoms with van der Waals surface area (Å²) in [5.41, 5.74) is 1.24. The number of hydrogen-bond donors (Lipinski definition) is 1. The summed E-state index contributed by atoms with van der Waals surface area (Å²) in [6, 6.07) is 11.7. The number of unbranched alkanes of at least 4 members (excludes halogenated alkanes) is 3. The molecule has 2 rings (SSSR count). The minimum atomic E-state index is -0.509. The Morgan fingerprint density at radius 3 is 2.13 bits per heavy atom. The van der Waals surface area contributed by atoms with Crippen LogP contribution in [0.25, 0.3) is 0 Å². The molecule has 30 heavy (non-hydrogen) atoms. The molecule has 0 fully saturated rings. The Morgan fingerprint density at radius 1 is 0.867 bits per heavy atom. The molecule has 164 valence electrons. The Bertz CT molecular complexity index is 834. The first-order valence-corrected chi connectivity index (χ1v) is 10.4. The second-order valence-corrected chi connectivity index (χ2v) is 6.92. The van der Waals surface area contributed by atoms with Crippen molar-refractivity contribution in [1.29, 1.82) is 0 Å². The monoisotopic (exact) mass is 433 g/mol. The minimum Gasteiger partial charge on any atom is -0.505 e. The largest absolute Gasteiger partial charge is 0.505 e. The molecule has 0 saturated heterocycles. The molecule has 0 spiro atoms. The molecule has 1 N–H and O–H groups in total. The SMILES string of the molecule is CCCCCCOC(=O)c1ccccc1C(=O)c1cccc(N(CC)CC)c1O.Cl. The summed E-state index contributed by atoms with van der Waals surface area (Å²) >= 11 is 0. The fourth-order valence-corrected chi connectivity index (χ4v) is 3.31. The van der Waals surface area contributed by atoms with E-state index in [1.807, 2.05) is 18.7 Å². The molecule has 0 atom stereocenters. The third-order valence-electron chi connectivity index (χ3n) is 4.99. The van der Waals surface area contributed by atoms with Gasteiger partial charge < -0.3 is 14.7 Å². The van der Waals surface area contributed by atoms with Gasteiger partial charge in [0.05, 0.1) is 23.4 Å². The number of halogens is 1. The minimum absolute atomic E-state index is 0. The fourth-order valence-electron chi connectivity index (χ4n) is 3.31. The van der Waals surface area contributed by atoms with E-state index in [0.29, 0.717) is 25.4 Å². The lowest BCUT2D eigenvalue weighted by atomic mass is 9.97. The number of esters is 1. The van der Waals surface area contributed by atoms with Crippen molar-refractivity contribution in [2.75, 3.05) is 24.6 Å². The van der Waals surface area contributed by atoms with Crippen molar-refractivity contribution >= 4 is 29.8 Å². The van der Waals surface area contributed by atoms with Crippen LogP contribution >= 0.6 is 12.4 Å². The van der Waals surface area contributed by atoms with Crippen LogP contribution in [0.2, 0.25) is 0 Å². The van der Waals surface area contributed by atoms with Crippen LogP contribution in [0.5, 0.6) is 5.75 Å². The van der Waals surface area contributed by atoms with Crippen molar-refractivity contribution in [3.05, 3.63) is 59.2 Å². The van der Waals surface area contributed by atoms with Crippen molar-refractivity contribution in [2.24, 2.45) is 0 Å². The molecule has 0 aliphatic carbocycles. The van der Waals surface area contributed by atoms with Crippen LogP contribution < -0.4 is 4.90 Å². The van der Waals surface area contributed by atoms with E-state index in [-0.39, 0.29) is 34.8 Å². The lowest BCUT2D eigenvalue weighted by Gasteiger charge is -2.23. The Hall–Kier alpha value is -2.53. The Labute approximate surface area is 185 Å². The summed E-state index contributed by atoms with van der Waals surface area (Å²) in [6.45, 7) is 7.86. The Balaban J connectivity index is 0.00000450. The maximum Gasteiger partial charge on any atom is 0.338 e. The first kappa shape index (κ1) is 25.5. The van der Waals surface area contributed by atoms with E-state index < -0.39 is 11.8 Å². The van der Waals surface area contributed by atoms with Gasteiger partial charge in [0.15, 0.2) is 5.78 Å². The van der Waals surface area contributed by atoms with Gasteiger partial charge >= 0.3 is 5.97 Å². The van der Waals surface area contributed by atoms with Gasteiger partial charge in [0.25, 0.3) is 0 Å². The van der Waals surface area contributed by atoms with Gasteiger partial charge in [0.1, 0.15) is 5.75 Å². The van der Waals surface area contributed by atoms with Crippen LogP contribution in [0.3, 0.4) is 0 Å². The van der Waals surface area contributed by atoms with Gasteiger partial charge in [0.2, 0.25) is 0 Å². The summed E-state index contributed by atoms with van der Waals surface area (Å²) in [7, 11) is 0. The van der Waals surface area contributed by atoms with Crippen molar-refractivity contribution in [3.63, 3.8) is 0 Å². The second kappa shape index (κ2) is 12.9. The molecule has 0 saturated carbocycles. The van der Waals surface area contributed by atoms with Gasteiger partial charge in [-0.2, -0.15) is 0 Å². The quantitative estimate of drug-likeness (QED) is 0.282. The molecular formula is C24H32ClNO4. The number of aromatic hydroxyl groups is 1. The predicted octanol–water partition coefficient (Wildman–Crippen LogP) is 5.63. The van der Waals surface area contributed by atoms with Gasteiger partial charge in [-0.15, -0.1) is 12.4 Å². The van der Waals surface area contributed by atoms with Crippen LogP contribution in [0, 0.1) is 0 Å². The van der Waals surface area contributed by atoms with Crippen LogP contribution in [-0.4, -0.2) is 36.6 Å². The average Bonchev–Trinajstić information content (AvgIpc) is 2.75. The molecule has 5 nitrogen and oxygen atoms in total. The van der Waals surface area contributed by atoms with Gasteiger partial charge in [-0.1, -0.05) is 50.5 Å². The number of rotatable bonds is 11. The van der Waals surface area contributed by atoms with Gasteiger partial charge in [0, 0.05) is 18.7 Å². The smallest absolute Gasteiger partial charge is 0.338 e. The van der Waals surface area contributed by atoms with Crippen molar-refractivity contribution in [2.45, 2.75) is 46.5 Å². The number of carbonyl (C=O) groups is 2. The lowest BCUT2D eigenvalue weighted by molar-refractivity contribution is 0.0495. The Kier molecular flexibility index (Phi) is 11.0. The van der Waals surface area contributed by atoms with E-state index in [4.69, 9.17) is 4.74 Å². The summed E-state index contributed by atoms with van der Waals surface area (Å²) in [6.07, 6.45) is 4.04. The van der Waals surface area contributed by atoms with E-state index >= 15 is 0 Å². The van der Waals surface area contributed by atoms with E-state index in [0.717, 1.165) is 25.7 Å². The molecule has 2 aromatic rings. The molecule has 0 unspecified atom stereocenters. The molecule has 0 amide bonds. The number of carbonyl (C=O) groups excluding carboxylic acids is 2. The highest BCUT2D eigenvalue weighted by Crippen LogP contribution is 2.32. The lowest BCUT2D eigenvalue weighted by Crippen LogP contribution is -2.22. The van der Waals surface area contributed by atoms with Gasteiger partial charge in [-0.25, -0.2) is 4.79 Å². The van der Waals surface area contributed by atoms with Crippen molar-refractivity contribution in [1.82, 2.24) is 0 Å². The highest BCUT2D eigenvalue weighted by atomic mass is 35.5. The standard InChI is InChI=1S/C24H31NO4.ClH/c1-4-7-8-11-17-29-24(28)19-14-10-9-13-18(19)22(26)20-15-12-16-21(23(20)27)25(5-2)6-3;/h9-10,12-16,27H,4-8,11,17H2,1-3H3;1H. The van der Waals surface area contributed by atoms with Crippen LogP contribution in [0.4, 0.5) is 5.69 Å². The second-order valence-electron chi connectivity index (χ2n) is 6.92. The van der Waals surface area contributed by atoms with E-state index in [1.165, 1.54) is 0 Å². The maximum absolute atomic E-state index is 13.2. The molecule has 0 bridgehead atoms. The first-order valence-electron chi connectivity index (χ1n) is 10.4. The molecule has 0 heterocycles. The summed E-state index contributed by atoms with van der Waals surface area (Å²) in [5, 5.41) is 10.7. The maximum atomic E-state index is 13.2. The molecule has 0 aliphatic rings. The Morgan fingerprint density at radius 2 is 1.50 bits per heavy atom. The number of phenols is 1.